The summed E-state index contributed by atoms with van der Waals surface area (Å²) in [7, 11) is 0. The van der Waals surface area contributed by atoms with Crippen LogP contribution < -0.4 is 5.73 Å². The molecule has 0 fully saturated rings. The van der Waals surface area contributed by atoms with Gasteiger partial charge < -0.3 is 10.8 Å². The standard InChI is InChI=1S/C11H17NO/c1-2-5-9-6-3-4-7-10(9)11(13)8-12/h3-4,6-7,11,13H,2,5,8,12H2,1H3/t11-/m0/s1. The molecule has 2 nitrogen and oxygen atoms in total. The number of aliphatic hydroxyl groups excluding tert-OH is 1. The minimum absolute atomic E-state index is 0.292. The quantitative estimate of drug-likeness (QED) is 0.738. The molecule has 0 aliphatic heterocycles. The topological polar surface area (TPSA) is 46.2 Å². The lowest BCUT2D eigenvalue weighted by Crippen LogP contribution is -2.13. The van der Waals surface area contributed by atoms with Crippen molar-refractivity contribution in [1.82, 2.24) is 0 Å². The van der Waals surface area contributed by atoms with Gasteiger partial charge in [-0.25, -0.2) is 0 Å². The van der Waals surface area contributed by atoms with Gasteiger partial charge in [-0.1, -0.05) is 37.6 Å². The molecule has 1 atom stereocenters. The van der Waals surface area contributed by atoms with E-state index in [2.05, 4.69) is 13.0 Å². The molecule has 1 aromatic carbocycles. The van der Waals surface area contributed by atoms with Gasteiger partial charge in [-0.05, 0) is 17.5 Å². The minimum Gasteiger partial charge on any atom is -0.387 e. The third kappa shape index (κ3) is 2.54. The van der Waals surface area contributed by atoms with Crippen LogP contribution in [0.15, 0.2) is 24.3 Å². The fourth-order valence-corrected chi connectivity index (χ4v) is 1.48. The maximum atomic E-state index is 9.61. The third-order valence-corrected chi connectivity index (χ3v) is 2.16. The first-order valence-electron chi connectivity index (χ1n) is 4.75. The Morgan fingerprint density at radius 2 is 2.08 bits per heavy atom. The van der Waals surface area contributed by atoms with Crippen LogP contribution in [0.2, 0.25) is 0 Å². The average molecular weight is 179 g/mol. The predicted molar refractivity (Wildman–Crippen MR) is 54.5 cm³/mol. The lowest BCUT2D eigenvalue weighted by atomic mass is 9.99. The van der Waals surface area contributed by atoms with Gasteiger partial charge in [0.25, 0.3) is 0 Å². The first kappa shape index (κ1) is 10.2. The molecule has 0 saturated carbocycles. The van der Waals surface area contributed by atoms with Crippen LogP contribution in [0, 0.1) is 0 Å². The largest absolute Gasteiger partial charge is 0.387 e. The predicted octanol–water partition coefficient (Wildman–Crippen LogP) is 1.63. The summed E-state index contributed by atoms with van der Waals surface area (Å²) >= 11 is 0. The Hall–Kier alpha value is -0.860. The van der Waals surface area contributed by atoms with Gasteiger partial charge in [-0.15, -0.1) is 0 Å². The zero-order chi connectivity index (χ0) is 9.68. The maximum absolute atomic E-state index is 9.61. The van der Waals surface area contributed by atoms with Crippen molar-refractivity contribution in [2.45, 2.75) is 25.9 Å². The van der Waals surface area contributed by atoms with Gasteiger partial charge in [-0.2, -0.15) is 0 Å². The Kier molecular flexibility index (Phi) is 3.93. The maximum Gasteiger partial charge on any atom is 0.0914 e. The van der Waals surface area contributed by atoms with Crippen molar-refractivity contribution in [1.29, 1.82) is 0 Å². The van der Waals surface area contributed by atoms with E-state index in [0.717, 1.165) is 18.4 Å². The number of benzene rings is 1. The first-order valence-corrected chi connectivity index (χ1v) is 4.75. The minimum atomic E-state index is -0.511. The van der Waals surface area contributed by atoms with Crippen molar-refractivity contribution in [2.75, 3.05) is 6.54 Å². The van der Waals surface area contributed by atoms with Gasteiger partial charge in [-0.3, -0.25) is 0 Å². The van der Waals surface area contributed by atoms with Gasteiger partial charge in [0, 0.05) is 6.54 Å². The molecule has 72 valence electrons. The molecule has 0 aliphatic rings. The fourth-order valence-electron chi connectivity index (χ4n) is 1.48. The van der Waals surface area contributed by atoms with Crippen molar-refractivity contribution < 1.29 is 5.11 Å². The lowest BCUT2D eigenvalue weighted by Gasteiger charge is -2.12. The zero-order valence-corrected chi connectivity index (χ0v) is 8.03. The molecule has 0 unspecified atom stereocenters. The molecule has 0 radical (unpaired) electrons. The molecule has 0 aromatic heterocycles. The van der Waals surface area contributed by atoms with E-state index in [0.29, 0.717) is 6.54 Å². The highest BCUT2D eigenvalue weighted by atomic mass is 16.3. The second-order valence-electron chi connectivity index (χ2n) is 3.20. The van der Waals surface area contributed by atoms with E-state index in [4.69, 9.17) is 5.73 Å². The molecule has 0 amide bonds. The third-order valence-electron chi connectivity index (χ3n) is 2.16. The number of aliphatic hydroxyl groups is 1. The van der Waals surface area contributed by atoms with Crippen LogP contribution in [0.4, 0.5) is 0 Å². The van der Waals surface area contributed by atoms with Crippen molar-refractivity contribution >= 4 is 0 Å². The summed E-state index contributed by atoms with van der Waals surface area (Å²) in [6.45, 7) is 2.42. The molecule has 2 heteroatoms. The Bertz CT molecular complexity index is 260. The Morgan fingerprint density at radius 3 is 2.69 bits per heavy atom. The number of hydrogen-bond donors (Lipinski definition) is 2. The first-order chi connectivity index (χ1) is 6.29. The van der Waals surface area contributed by atoms with Crippen LogP contribution >= 0.6 is 0 Å². The second-order valence-corrected chi connectivity index (χ2v) is 3.20. The fraction of sp³-hybridized carbons (Fsp3) is 0.455. The highest BCUT2D eigenvalue weighted by molar-refractivity contribution is 5.29. The average Bonchev–Trinajstić information content (AvgIpc) is 2.18. The monoisotopic (exact) mass is 179 g/mol. The Morgan fingerprint density at radius 1 is 1.38 bits per heavy atom. The van der Waals surface area contributed by atoms with Gasteiger partial charge in [0.2, 0.25) is 0 Å². The van der Waals surface area contributed by atoms with Crippen LogP contribution in [0.3, 0.4) is 0 Å². The molecule has 1 rings (SSSR count). The van der Waals surface area contributed by atoms with Crippen molar-refractivity contribution in [3.8, 4) is 0 Å². The van der Waals surface area contributed by atoms with E-state index < -0.39 is 6.10 Å². The van der Waals surface area contributed by atoms with E-state index >= 15 is 0 Å². The van der Waals surface area contributed by atoms with Crippen LogP contribution in [-0.2, 0) is 6.42 Å². The van der Waals surface area contributed by atoms with Gasteiger partial charge in [0.05, 0.1) is 6.10 Å². The number of nitrogens with two attached hydrogens (primary N) is 1. The van der Waals surface area contributed by atoms with Crippen molar-refractivity contribution in [3.05, 3.63) is 35.4 Å². The van der Waals surface area contributed by atoms with E-state index in [1.807, 2.05) is 18.2 Å². The van der Waals surface area contributed by atoms with Gasteiger partial charge >= 0.3 is 0 Å². The number of aryl methyl sites for hydroxylation is 1. The summed E-state index contributed by atoms with van der Waals surface area (Å²) in [6.07, 6.45) is 1.59. The summed E-state index contributed by atoms with van der Waals surface area (Å²) in [4.78, 5) is 0. The molecule has 1 aromatic rings. The molecule has 0 aliphatic carbocycles. The van der Waals surface area contributed by atoms with Crippen LogP contribution in [0.25, 0.3) is 0 Å². The molecule has 0 spiro atoms. The SMILES string of the molecule is CCCc1ccccc1[C@@H](O)CN. The smallest absolute Gasteiger partial charge is 0.0914 e. The molecular formula is C11H17NO. The van der Waals surface area contributed by atoms with Crippen LogP contribution in [0.5, 0.6) is 0 Å². The number of rotatable bonds is 4. The summed E-state index contributed by atoms with van der Waals surface area (Å²) in [5, 5.41) is 9.61. The van der Waals surface area contributed by atoms with E-state index in [1.165, 1.54) is 5.56 Å². The van der Waals surface area contributed by atoms with E-state index in [1.54, 1.807) is 0 Å². The Labute approximate surface area is 79.4 Å². The normalized spacial score (nSPS) is 12.8. The van der Waals surface area contributed by atoms with E-state index in [9.17, 15) is 5.11 Å². The van der Waals surface area contributed by atoms with E-state index in [-0.39, 0.29) is 0 Å². The molecule has 0 saturated heterocycles. The Balaban J connectivity index is 2.90. The van der Waals surface area contributed by atoms with Crippen LogP contribution in [0.1, 0.15) is 30.6 Å². The molecule has 13 heavy (non-hydrogen) atoms. The molecule has 0 bridgehead atoms. The van der Waals surface area contributed by atoms with Gasteiger partial charge in [0.15, 0.2) is 0 Å². The summed E-state index contributed by atoms with van der Waals surface area (Å²) < 4.78 is 0. The summed E-state index contributed by atoms with van der Waals surface area (Å²) in [5.41, 5.74) is 7.61. The molecular weight excluding hydrogens is 162 g/mol. The highest BCUT2D eigenvalue weighted by Gasteiger charge is 2.08. The molecule has 0 heterocycles. The van der Waals surface area contributed by atoms with Crippen molar-refractivity contribution in [3.63, 3.8) is 0 Å². The zero-order valence-electron chi connectivity index (χ0n) is 8.03. The highest BCUT2D eigenvalue weighted by Crippen LogP contribution is 2.18. The van der Waals surface area contributed by atoms with Gasteiger partial charge in [0.1, 0.15) is 0 Å². The summed E-state index contributed by atoms with van der Waals surface area (Å²) in [5.74, 6) is 0. The van der Waals surface area contributed by atoms with Crippen LogP contribution in [-0.4, -0.2) is 11.7 Å². The summed E-state index contributed by atoms with van der Waals surface area (Å²) in [6, 6.07) is 7.94. The molecule has 3 N–H and O–H groups in total. The second kappa shape index (κ2) is 5.00. The lowest BCUT2D eigenvalue weighted by molar-refractivity contribution is 0.185. The number of hydrogen-bond acceptors (Lipinski definition) is 2. The van der Waals surface area contributed by atoms with Crippen molar-refractivity contribution in [2.24, 2.45) is 5.73 Å².